The Morgan fingerprint density at radius 1 is 1.55 bits per heavy atom. The number of nitro benzene ring substituents is 1. The number of anilines is 1. The van der Waals surface area contributed by atoms with Gasteiger partial charge in [-0.05, 0) is 19.7 Å². The monoisotopic (exact) mass is 300 g/mol. The Bertz CT molecular complexity index is 522. The second kappa shape index (κ2) is 7.06. The molecule has 0 heterocycles. The number of nitrogen functional groups attached to an aromatic ring is 1. The van der Waals surface area contributed by atoms with E-state index in [2.05, 4.69) is 5.32 Å². The average Bonchev–Trinajstić information content (AvgIpc) is 2.40. The highest BCUT2D eigenvalue weighted by Crippen LogP contribution is 2.30. The number of carbonyl (C=O) groups excluding carboxylic acids is 1. The van der Waals surface area contributed by atoms with E-state index in [9.17, 15) is 14.9 Å². The highest BCUT2D eigenvalue weighted by Gasteiger charge is 2.19. The summed E-state index contributed by atoms with van der Waals surface area (Å²) in [5.74, 6) is -0.417. The van der Waals surface area contributed by atoms with Crippen molar-refractivity contribution in [3.05, 3.63) is 32.8 Å². The minimum Gasteiger partial charge on any atom is -0.392 e. The molecule has 1 aromatic carbocycles. The van der Waals surface area contributed by atoms with Gasteiger partial charge >= 0.3 is 0 Å². The van der Waals surface area contributed by atoms with Crippen LogP contribution >= 0.6 is 11.6 Å². The molecule has 0 fully saturated rings. The topological polar surface area (TPSA) is 102 Å². The third kappa shape index (κ3) is 4.07. The number of likely N-dealkylation sites (N-methyl/N-ethyl adjacent to an activating group) is 1. The molecule has 3 N–H and O–H groups in total. The van der Waals surface area contributed by atoms with Crippen molar-refractivity contribution in [2.75, 3.05) is 32.4 Å². The number of hydrogen-bond donors (Lipinski definition) is 2. The van der Waals surface area contributed by atoms with Gasteiger partial charge in [-0.2, -0.15) is 0 Å². The van der Waals surface area contributed by atoms with Crippen LogP contribution in [0.25, 0.3) is 0 Å². The van der Waals surface area contributed by atoms with Crippen molar-refractivity contribution in [2.24, 2.45) is 0 Å². The molecule has 0 aliphatic heterocycles. The Balaban J connectivity index is 2.81. The van der Waals surface area contributed by atoms with Gasteiger partial charge in [0.2, 0.25) is 0 Å². The number of amides is 1. The largest absolute Gasteiger partial charge is 0.392 e. The minimum atomic E-state index is -0.664. The molecule has 8 heteroatoms. The van der Waals surface area contributed by atoms with E-state index >= 15 is 0 Å². The number of nitrogens with one attached hydrogen (secondary N) is 1. The highest BCUT2D eigenvalue weighted by molar-refractivity contribution is 6.34. The first-order chi connectivity index (χ1) is 9.36. The van der Waals surface area contributed by atoms with E-state index in [1.54, 1.807) is 0 Å². The maximum absolute atomic E-state index is 11.9. The molecule has 7 nitrogen and oxygen atoms in total. The van der Waals surface area contributed by atoms with Crippen LogP contribution in [0.15, 0.2) is 12.1 Å². The van der Waals surface area contributed by atoms with Crippen LogP contribution in [0.3, 0.4) is 0 Å². The fourth-order valence-corrected chi connectivity index (χ4v) is 1.72. The second-order valence-electron chi connectivity index (χ2n) is 4.30. The van der Waals surface area contributed by atoms with E-state index < -0.39 is 10.8 Å². The number of halogens is 1. The lowest BCUT2D eigenvalue weighted by molar-refractivity contribution is -0.383. The smallest absolute Gasteiger partial charge is 0.294 e. The molecule has 0 aliphatic rings. The minimum absolute atomic E-state index is 0.00461. The summed E-state index contributed by atoms with van der Waals surface area (Å²) < 4.78 is 0. The van der Waals surface area contributed by atoms with Crippen LogP contribution in [0.2, 0.25) is 5.02 Å². The molecule has 110 valence electrons. The van der Waals surface area contributed by atoms with Gasteiger partial charge in [-0.15, -0.1) is 0 Å². The van der Waals surface area contributed by atoms with E-state index in [0.717, 1.165) is 12.6 Å². The number of nitrogens with zero attached hydrogens (tertiary/aromatic N) is 2. The molecule has 0 saturated carbocycles. The van der Waals surface area contributed by atoms with Crippen molar-refractivity contribution in [3.8, 4) is 0 Å². The number of hydrogen-bond acceptors (Lipinski definition) is 5. The van der Waals surface area contributed by atoms with Gasteiger partial charge in [0.25, 0.3) is 11.6 Å². The van der Waals surface area contributed by atoms with Crippen molar-refractivity contribution >= 4 is 28.9 Å². The van der Waals surface area contributed by atoms with Gasteiger partial charge in [0.15, 0.2) is 0 Å². The molecular formula is C12H17ClN4O3. The van der Waals surface area contributed by atoms with Crippen LogP contribution in [0, 0.1) is 10.1 Å². The van der Waals surface area contributed by atoms with Gasteiger partial charge < -0.3 is 16.0 Å². The number of rotatable bonds is 6. The third-order valence-corrected chi connectivity index (χ3v) is 3.20. The quantitative estimate of drug-likeness (QED) is 0.471. The lowest BCUT2D eigenvalue weighted by Gasteiger charge is -2.14. The summed E-state index contributed by atoms with van der Waals surface area (Å²) in [6, 6.07) is 2.45. The molecule has 1 aromatic rings. The Morgan fingerprint density at radius 3 is 2.75 bits per heavy atom. The standard InChI is InChI=1S/C12H17ClN4O3/c1-3-16(2)5-4-15-12(18)8-6-9(13)11(14)10(7-8)17(19)20/h6-7H,3-5,14H2,1-2H3,(H,15,18). The first kappa shape index (κ1) is 16.2. The van der Waals surface area contributed by atoms with Gasteiger partial charge in [0.1, 0.15) is 5.69 Å². The maximum Gasteiger partial charge on any atom is 0.294 e. The maximum atomic E-state index is 11.9. The summed E-state index contributed by atoms with van der Waals surface area (Å²) in [5, 5.41) is 13.5. The number of nitrogens with two attached hydrogens (primary N) is 1. The zero-order valence-corrected chi connectivity index (χ0v) is 12.1. The molecule has 1 rings (SSSR count). The van der Waals surface area contributed by atoms with Crippen LogP contribution in [0.4, 0.5) is 11.4 Å². The van der Waals surface area contributed by atoms with E-state index in [4.69, 9.17) is 17.3 Å². The van der Waals surface area contributed by atoms with E-state index in [-0.39, 0.29) is 22.0 Å². The van der Waals surface area contributed by atoms with E-state index in [0.29, 0.717) is 13.1 Å². The molecule has 20 heavy (non-hydrogen) atoms. The van der Waals surface area contributed by atoms with Gasteiger partial charge in [-0.1, -0.05) is 18.5 Å². The number of nitro groups is 1. The van der Waals surface area contributed by atoms with Crippen LogP contribution in [-0.4, -0.2) is 42.4 Å². The zero-order chi connectivity index (χ0) is 15.3. The van der Waals surface area contributed by atoms with E-state index in [1.807, 2.05) is 18.9 Å². The van der Waals surface area contributed by atoms with E-state index in [1.165, 1.54) is 6.07 Å². The Kier molecular flexibility index (Phi) is 5.72. The fourth-order valence-electron chi connectivity index (χ4n) is 1.51. The summed E-state index contributed by atoms with van der Waals surface area (Å²) in [6.07, 6.45) is 0. The lowest BCUT2D eigenvalue weighted by atomic mass is 10.1. The van der Waals surface area contributed by atoms with Gasteiger partial charge in [0.05, 0.1) is 9.95 Å². The first-order valence-corrected chi connectivity index (χ1v) is 6.44. The Morgan fingerprint density at radius 2 is 2.20 bits per heavy atom. The molecule has 0 saturated heterocycles. The number of benzene rings is 1. The molecule has 0 unspecified atom stereocenters. The third-order valence-electron chi connectivity index (χ3n) is 2.89. The van der Waals surface area contributed by atoms with Crippen molar-refractivity contribution < 1.29 is 9.72 Å². The summed E-state index contributed by atoms with van der Waals surface area (Å²) in [7, 11) is 1.93. The summed E-state index contributed by atoms with van der Waals surface area (Å²) in [4.78, 5) is 24.1. The predicted molar refractivity (Wildman–Crippen MR) is 78.0 cm³/mol. The fraction of sp³-hybridized carbons (Fsp3) is 0.417. The van der Waals surface area contributed by atoms with Gasteiger partial charge in [0, 0.05) is 24.7 Å². The highest BCUT2D eigenvalue weighted by atomic mass is 35.5. The molecule has 0 aromatic heterocycles. The summed E-state index contributed by atoms with van der Waals surface area (Å²) in [6.45, 7) is 4.01. The predicted octanol–water partition coefficient (Wildman–Crippen LogP) is 1.51. The van der Waals surface area contributed by atoms with Gasteiger partial charge in [-0.3, -0.25) is 14.9 Å². The van der Waals surface area contributed by atoms with Crippen molar-refractivity contribution in [1.82, 2.24) is 10.2 Å². The van der Waals surface area contributed by atoms with Gasteiger partial charge in [-0.25, -0.2) is 0 Å². The first-order valence-electron chi connectivity index (χ1n) is 6.07. The number of carbonyl (C=O) groups is 1. The Labute approximate surface area is 121 Å². The van der Waals surface area contributed by atoms with Crippen LogP contribution in [0.5, 0.6) is 0 Å². The molecule has 0 radical (unpaired) electrons. The van der Waals surface area contributed by atoms with Crippen molar-refractivity contribution in [3.63, 3.8) is 0 Å². The van der Waals surface area contributed by atoms with Crippen LogP contribution in [-0.2, 0) is 0 Å². The molecule has 1 amide bonds. The molecule has 0 aliphatic carbocycles. The van der Waals surface area contributed by atoms with Crippen molar-refractivity contribution in [1.29, 1.82) is 0 Å². The normalized spacial score (nSPS) is 10.6. The summed E-state index contributed by atoms with van der Waals surface area (Å²) in [5.41, 5.74) is 5.11. The SMILES string of the molecule is CCN(C)CCNC(=O)c1cc(Cl)c(N)c([N+](=O)[O-])c1. The average molecular weight is 301 g/mol. The molecule has 0 bridgehead atoms. The lowest BCUT2D eigenvalue weighted by Crippen LogP contribution is -2.32. The zero-order valence-electron chi connectivity index (χ0n) is 11.4. The van der Waals surface area contributed by atoms with Crippen molar-refractivity contribution in [2.45, 2.75) is 6.92 Å². The molecule has 0 spiro atoms. The summed E-state index contributed by atoms with van der Waals surface area (Å²) >= 11 is 5.80. The Hall–Kier alpha value is -1.86. The second-order valence-corrected chi connectivity index (χ2v) is 4.71. The van der Waals surface area contributed by atoms with Crippen LogP contribution < -0.4 is 11.1 Å². The molecule has 0 atom stereocenters. The molecular weight excluding hydrogens is 284 g/mol. The van der Waals surface area contributed by atoms with Crippen LogP contribution in [0.1, 0.15) is 17.3 Å².